The topological polar surface area (TPSA) is 74.9 Å². The Morgan fingerprint density at radius 3 is 2.17 bits per heavy atom. The Hall–Kier alpha value is -3.54. The molecule has 30 heavy (non-hydrogen) atoms. The molecule has 152 valence electrons. The molecule has 0 N–H and O–H groups in total. The van der Waals surface area contributed by atoms with Crippen LogP contribution in [-0.4, -0.2) is 20.5 Å². The fourth-order valence-corrected chi connectivity index (χ4v) is 3.67. The van der Waals surface area contributed by atoms with Gasteiger partial charge in [-0.15, -0.1) is 0 Å². The molecule has 0 bridgehead atoms. The molecular weight excluding hydrogens is 374 g/mol. The summed E-state index contributed by atoms with van der Waals surface area (Å²) in [6, 6.07) is 22.5. The van der Waals surface area contributed by atoms with Gasteiger partial charge in [0.1, 0.15) is 12.4 Å². The molecule has 2 heterocycles. The van der Waals surface area contributed by atoms with Gasteiger partial charge >= 0.3 is 0 Å². The summed E-state index contributed by atoms with van der Waals surface area (Å²) in [4.78, 5) is 4.30. The number of aromatic nitrogens is 5. The largest absolute Gasteiger partial charge is 0.487 e. The minimum absolute atomic E-state index is 0.0395. The van der Waals surface area contributed by atoms with Crippen molar-refractivity contribution in [3.63, 3.8) is 0 Å². The van der Waals surface area contributed by atoms with Crippen LogP contribution in [0.4, 0.5) is 0 Å². The second-order valence-electron chi connectivity index (χ2n) is 8.30. The van der Waals surface area contributed by atoms with Crippen molar-refractivity contribution in [3.05, 3.63) is 89.7 Å². The summed E-state index contributed by atoms with van der Waals surface area (Å²) in [6.45, 7) is 7.22. The van der Waals surface area contributed by atoms with E-state index in [9.17, 15) is 0 Å². The molecule has 0 fully saturated rings. The van der Waals surface area contributed by atoms with E-state index in [1.807, 2.05) is 42.5 Å². The molecule has 0 saturated heterocycles. The summed E-state index contributed by atoms with van der Waals surface area (Å²) in [5.74, 6) is 1.61. The van der Waals surface area contributed by atoms with E-state index in [4.69, 9.17) is 4.74 Å². The van der Waals surface area contributed by atoms with Crippen LogP contribution in [0.25, 0.3) is 11.4 Å². The van der Waals surface area contributed by atoms with Crippen molar-refractivity contribution < 1.29 is 4.74 Å². The van der Waals surface area contributed by atoms with Crippen LogP contribution < -0.4 is 9.84 Å². The summed E-state index contributed by atoms with van der Waals surface area (Å²) >= 11 is 0. The summed E-state index contributed by atoms with van der Waals surface area (Å²) in [6.07, 6.45) is 1.78. The molecule has 0 aliphatic carbocycles. The van der Waals surface area contributed by atoms with Gasteiger partial charge in [0.2, 0.25) is 0 Å². The van der Waals surface area contributed by atoms with E-state index in [1.165, 1.54) is 11.1 Å². The number of benzene rings is 2. The van der Waals surface area contributed by atoms with Crippen molar-refractivity contribution in [2.75, 3.05) is 0 Å². The van der Waals surface area contributed by atoms with Gasteiger partial charge in [-0.1, -0.05) is 63.2 Å². The number of tetrazole rings is 1. The molecular formula is C24H24N5O-. The molecule has 6 nitrogen and oxygen atoms in total. The Kier molecular flexibility index (Phi) is 5.57. The van der Waals surface area contributed by atoms with Gasteiger partial charge in [-0.2, -0.15) is 5.21 Å². The number of rotatable bonds is 6. The predicted molar refractivity (Wildman–Crippen MR) is 115 cm³/mol. The lowest BCUT2D eigenvalue weighted by Gasteiger charge is -2.32. The van der Waals surface area contributed by atoms with Gasteiger partial charge in [0.15, 0.2) is 0 Å². The first kappa shape index (κ1) is 19.8. The second kappa shape index (κ2) is 8.45. The van der Waals surface area contributed by atoms with E-state index in [1.54, 1.807) is 6.20 Å². The van der Waals surface area contributed by atoms with Crippen LogP contribution in [0.5, 0.6) is 5.75 Å². The van der Waals surface area contributed by atoms with Crippen molar-refractivity contribution in [2.45, 2.75) is 33.3 Å². The minimum atomic E-state index is 0.0395. The zero-order valence-corrected chi connectivity index (χ0v) is 17.4. The molecule has 2 aromatic heterocycles. The zero-order chi connectivity index (χ0) is 21.0. The molecule has 0 saturated carbocycles. The highest BCUT2D eigenvalue weighted by molar-refractivity contribution is 5.55. The summed E-state index contributed by atoms with van der Waals surface area (Å²) in [5.41, 5.74) is 4.34. The fourth-order valence-electron chi connectivity index (χ4n) is 3.67. The van der Waals surface area contributed by atoms with Gasteiger partial charge in [-0.25, -0.2) is 0 Å². The van der Waals surface area contributed by atoms with Gasteiger partial charge in [0.25, 0.3) is 0 Å². The third kappa shape index (κ3) is 4.54. The third-order valence-electron chi connectivity index (χ3n) is 5.01. The van der Waals surface area contributed by atoms with E-state index < -0.39 is 0 Å². The molecule has 2 aromatic carbocycles. The van der Waals surface area contributed by atoms with E-state index in [2.05, 4.69) is 70.6 Å². The van der Waals surface area contributed by atoms with Gasteiger partial charge in [0, 0.05) is 17.9 Å². The molecule has 4 aromatic rings. The first-order valence-electron chi connectivity index (χ1n) is 9.92. The van der Waals surface area contributed by atoms with Crippen LogP contribution in [0.15, 0.2) is 72.9 Å². The molecule has 6 heteroatoms. The Bertz CT molecular complexity index is 1050. The molecule has 0 amide bonds. The van der Waals surface area contributed by atoms with Crippen molar-refractivity contribution in [1.82, 2.24) is 25.6 Å². The molecule has 4 rings (SSSR count). The van der Waals surface area contributed by atoms with E-state index in [-0.39, 0.29) is 11.3 Å². The highest BCUT2D eigenvalue weighted by Crippen LogP contribution is 2.41. The van der Waals surface area contributed by atoms with Crippen molar-refractivity contribution >= 4 is 0 Å². The fraction of sp³-hybridized carbons (Fsp3) is 0.250. The Morgan fingerprint density at radius 1 is 0.900 bits per heavy atom. The lowest BCUT2D eigenvalue weighted by molar-refractivity contribution is 0.301. The molecule has 0 aliphatic heterocycles. The predicted octanol–water partition coefficient (Wildman–Crippen LogP) is 4.65. The lowest BCUT2D eigenvalue weighted by atomic mass is 9.72. The molecule has 0 spiro atoms. The molecule has 0 aliphatic rings. The van der Waals surface area contributed by atoms with E-state index >= 15 is 0 Å². The van der Waals surface area contributed by atoms with Gasteiger partial charge in [0.05, 0.1) is 5.69 Å². The van der Waals surface area contributed by atoms with Crippen LogP contribution in [-0.2, 0) is 6.61 Å². The first-order chi connectivity index (χ1) is 14.5. The maximum absolute atomic E-state index is 5.89. The van der Waals surface area contributed by atoms with Crippen LogP contribution in [0.2, 0.25) is 0 Å². The SMILES string of the molecule is CC(C)(C)C(c1ccc(OCc2ccccn2)cc1)c1ccc(-c2nnn[n-]2)cc1. The van der Waals surface area contributed by atoms with Crippen LogP contribution in [0.3, 0.4) is 0 Å². The first-order valence-corrected chi connectivity index (χ1v) is 9.92. The van der Waals surface area contributed by atoms with Gasteiger partial charge in [-0.05, 0) is 46.4 Å². The standard InChI is InChI=1S/C24H24N5O/c1-24(2,3)22(17-7-9-19(10-8-17)23-26-28-29-27-23)18-11-13-21(14-12-18)30-16-20-6-4-5-15-25-20/h4-15,22H,16H2,1-3H3/q-1. The maximum atomic E-state index is 5.89. The van der Waals surface area contributed by atoms with Crippen molar-refractivity contribution in [3.8, 4) is 17.1 Å². The lowest BCUT2D eigenvalue weighted by Crippen LogP contribution is -2.19. The van der Waals surface area contributed by atoms with Crippen LogP contribution in [0.1, 0.15) is 43.5 Å². The van der Waals surface area contributed by atoms with Crippen molar-refractivity contribution in [1.29, 1.82) is 0 Å². The molecule has 0 radical (unpaired) electrons. The Morgan fingerprint density at radius 2 is 1.60 bits per heavy atom. The Labute approximate surface area is 176 Å². The number of pyridine rings is 1. The smallest absolute Gasteiger partial charge is 0.130 e. The maximum Gasteiger partial charge on any atom is 0.130 e. The monoisotopic (exact) mass is 398 g/mol. The number of hydrogen-bond donors (Lipinski definition) is 0. The minimum Gasteiger partial charge on any atom is -0.487 e. The quantitative estimate of drug-likeness (QED) is 0.471. The number of hydrogen-bond acceptors (Lipinski definition) is 5. The Balaban J connectivity index is 1.54. The van der Waals surface area contributed by atoms with Crippen molar-refractivity contribution in [2.24, 2.45) is 5.41 Å². The zero-order valence-electron chi connectivity index (χ0n) is 17.4. The summed E-state index contributed by atoms with van der Waals surface area (Å²) < 4.78 is 5.89. The van der Waals surface area contributed by atoms with E-state index in [0.717, 1.165) is 17.0 Å². The molecule has 1 unspecified atom stereocenters. The van der Waals surface area contributed by atoms with Crippen LogP contribution in [0, 0.1) is 5.41 Å². The highest BCUT2D eigenvalue weighted by Gasteiger charge is 2.28. The van der Waals surface area contributed by atoms with Crippen LogP contribution >= 0.6 is 0 Å². The van der Waals surface area contributed by atoms with Gasteiger partial charge < -0.3 is 9.84 Å². The second-order valence-corrected chi connectivity index (χ2v) is 8.30. The summed E-state index contributed by atoms with van der Waals surface area (Å²) in [7, 11) is 0. The highest BCUT2D eigenvalue weighted by atomic mass is 16.5. The van der Waals surface area contributed by atoms with E-state index in [0.29, 0.717) is 12.4 Å². The summed E-state index contributed by atoms with van der Waals surface area (Å²) in [5, 5.41) is 15.0. The third-order valence-corrected chi connectivity index (χ3v) is 5.01. The average molecular weight is 398 g/mol. The normalized spacial score (nSPS) is 12.5. The number of ether oxygens (including phenoxy) is 1. The average Bonchev–Trinajstić information content (AvgIpc) is 3.29. The van der Waals surface area contributed by atoms with Gasteiger partial charge in [-0.3, -0.25) is 15.3 Å². The number of nitrogens with zero attached hydrogens (tertiary/aromatic N) is 5. The molecule has 1 atom stereocenters.